The van der Waals surface area contributed by atoms with Crippen molar-refractivity contribution in [1.82, 2.24) is 14.9 Å². The molecule has 2 heterocycles. The van der Waals surface area contributed by atoms with Crippen LogP contribution in [0, 0.1) is 10.1 Å². The molecule has 3 rings (SSSR count). The normalized spacial score (nSPS) is 10.9. The summed E-state index contributed by atoms with van der Waals surface area (Å²) in [6, 6.07) is 11.2. The van der Waals surface area contributed by atoms with Crippen LogP contribution in [-0.2, 0) is 22.5 Å². The van der Waals surface area contributed by atoms with Gasteiger partial charge >= 0.3 is 5.69 Å². The molecule has 0 fully saturated rings. The third-order valence-corrected chi connectivity index (χ3v) is 5.81. The Kier molecular flexibility index (Phi) is 10.4. The van der Waals surface area contributed by atoms with Crippen LogP contribution in [0.15, 0.2) is 48.8 Å². The number of ether oxygens (including phenoxy) is 1. The van der Waals surface area contributed by atoms with Gasteiger partial charge in [-0.2, -0.15) is 0 Å². The Morgan fingerprint density at radius 3 is 2.59 bits per heavy atom. The minimum absolute atomic E-state index is 0.106. The van der Waals surface area contributed by atoms with Gasteiger partial charge in [0.1, 0.15) is 5.82 Å². The molecule has 3 aromatic rings. The molecule has 0 unspecified atom stereocenters. The van der Waals surface area contributed by atoms with E-state index in [1.807, 2.05) is 17.0 Å². The highest BCUT2D eigenvalue weighted by Gasteiger charge is 2.14. The van der Waals surface area contributed by atoms with E-state index in [0.717, 1.165) is 36.1 Å². The van der Waals surface area contributed by atoms with Crippen LogP contribution >= 0.6 is 0 Å². The van der Waals surface area contributed by atoms with E-state index in [9.17, 15) is 14.9 Å². The Balaban J connectivity index is 1.62. The average molecular weight is 510 g/mol. The third kappa shape index (κ3) is 8.29. The first-order valence-electron chi connectivity index (χ1n) is 12.3. The number of carbonyl (C=O) groups is 1. The van der Waals surface area contributed by atoms with Gasteiger partial charge in [-0.1, -0.05) is 31.2 Å². The number of pyridine rings is 1. The molecular formula is C26H35N7O4. The Labute approximate surface area is 216 Å². The summed E-state index contributed by atoms with van der Waals surface area (Å²) in [5.74, 6) is 0.260. The van der Waals surface area contributed by atoms with E-state index in [4.69, 9.17) is 10.5 Å². The van der Waals surface area contributed by atoms with E-state index in [1.54, 1.807) is 13.2 Å². The van der Waals surface area contributed by atoms with Gasteiger partial charge in [0.05, 0.1) is 17.2 Å². The number of rotatable bonds is 15. The van der Waals surface area contributed by atoms with Gasteiger partial charge in [0.25, 0.3) is 0 Å². The second-order valence-electron chi connectivity index (χ2n) is 8.58. The first-order valence-corrected chi connectivity index (χ1v) is 12.3. The van der Waals surface area contributed by atoms with Crippen molar-refractivity contribution in [2.24, 2.45) is 0 Å². The largest absolute Gasteiger partial charge is 0.385 e. The molecule has 0 aliphatic heterocycles. The van der Waals surface area contributed by atoms with Gasteiger partial charge < -0.3 is 31.0 Å². The average Bonchev–Trinajstić information content (AvgIpc) is 3.28. The van der Waals surface area contributed by atoms with Gasteiger partial charge in [-0.05, 0) is 43.0 Å². The van der Waals surface area contributed by atoms with Crippen molar-refractivity contribution in [2.45, 2.75) is 32.7 Å². The lowest BCUT2D eigenvalue weighted by Crippen LogP contribution is -2.29. The number of aryl methyl sites for hydroxylation is 2. The molecule has 0 aliphatic carbocycles. The predicted molar refractivity (Wildman–Crippen MR) is 146 cm³/mol. The second-order valence-corrected chi connectivity index (χ2v) is 8.58. The Morgan fingerprint density at radius 2 is 1.92 bits per heavy atom. The molecular weight excluding hydrogens is 474 g/mol. The van der Waals surface area contributed by atoms with Crippen LogP contribution in [0.4, 0.5) is 23.0 Å². The number of methoxy groups -OCH3 is 1. The predicted octanol–water partition coefficient (Wildman–Crippen LogP) is 3.67. The van der Waals surface area contributed by atoms with Gasteiger partial charge in [-0.3, -0.25) is 14.9 Å². The van der Waals surface area contributed by atoms with Crippen molar-refractivity contribution in [3.8, 4) is 11.1 Å². The molecule has 0 radical (unpaired) electrons. The summed E-state index contributed by atoms with van der Waals surface area (Å²) in [6.07, 6.45) is 6.53. The van der Waals surface area contributed by atoms with Gasteiger partial charge in [-0.15, -0.1) is 0 Å². The highest BCUT2D eigenvalue weighted by atomic mass is 16.6. The van der Waals surface area contributed by atoms with Gasteiger partial charge in [-0.25, -0.2) is 4.98 Å². The molecule has 0 spiro atoms. The van der Waals surface area contributed by atoms with E-state index >= 15 is 0 Å². The molecule has 0 aliphatic rings. The molecule has 2 aromatic heterocycles. The number of nitrogens with zero attached hydrogens (tertiary/aromatic N) is 3. The SMILES string of the molecule is CCc1ccc(-c2cn(CCCNc3ccc([N+](=O)[O-])c(N)n3)cc2NC(=O)CNCCCOC)cc1. The molecule has 0 saturated carbocycles. The summed E-state index contributed by atoms with van der Waals surface area (Å²) in [5.41, 5.74) is 9.44. The number of hydrogen-bond donors (Lipinski definition) is 4. The zero-order chi connectivity index (χ0) is 26.6. The van der Waals surface area contributed by atoms with Gasteiger partial charge in [0.2, 0.25) is 11.7 Å². The fourth-order valence-electron chi connectivity index (χ4n) is 3.82. The van der Waals surface area contributed by atoms with Crippen LogP contribution in [0.3, 0.4) is 0 Å². The van der Waals surface area contributed by atoms with E-state index < -0.39 is 4.92 Å². The Hall–Kier alpha value is -3.96. The lowest BCUT2D eigenvalue weighted by atomic mass is 10.0. The van der Waals surface area contributed by atoms with Crippen molar-refractivity contribution < 1.29 is 14.5 Å². The standard InChI is InChI=1S/C26H35N7O4/c1-3-19-6-8-20(9-7-19)21-17-32(18-22(21)30-25(34)16-28-12-5-15-37-2)14-4-13-29-24-11-10-23(33(35)36)26(27)31-24/h6-11,17-18,28H,3-5,12-16H2,1-2H3,(H,30,34)(H3,27,29,31). The zero-order valence-corrected chi connectivity index (χ0v) is 21.3. The summed E-state index contributed by atoms with van der Waals surface area (Å²) < 4.78 is 7.08. The van der Waals surface area contributed by atoms with Crippen molar-refractivity contribution in [3.63, 3.8) is 0 Å². The minimum Gasteiger partial charge on any atom is -0.385 e. The summed E-state index contributed by atoms with van der Waals surface area (Å²) in [5, 5.41) is 20.2. The highest BCUT2D eigenvalue weighted by molar-refractivity contribution is 5.96. The summed E-state index contributed by atoms with van der Waals surface area (Å²) in [7, 11) is 1.66. The monoisotopic (exact) mass is 509 g/mol. The fraction of sp³-hybridized carbons (Fsp3) is 0.385. The van der Waals surface area contributed by atoms with E-state index in [2.05, 4.69) is 52.1 Å². The molecule has 37 heavy (non-hydrogen) atoms. The van der Waals surface area contributed by atoms with Crippen molar-refractivity contribution in [3.05, 3.63) is 64.5 Å². The van der Waals surface area contributed by atoms with Crippen molar-refractivity contribution >= 4 is 28.9 Å². The lowest BCUT2D eigenvalue weighted by molar-refractivity contribution is -0.384. The molecule has 11 heteroatoms. The molecule has 0 saturated heterocycles. The molecule has 11 nitrogen and oxygen atoms in total. The number of nitro groups is 1. The highest BCUT2D eigenvalue weighted by Crippen LogP contribution is 2.30. The number of nitrogens with one attached hydrogen (secondary N) is 3. The van der Waals surface area contributed by atoms with Crippen LogP contribution in [-0.4, -0.2) is 53.7 Å². The van der Waals surface area contributed by atoms with Crippen molar-refractivity contribution in [2.75, 3.05) is 49.7 Å². The number of nitrogens with two attached hydrogens (primary N) is 1. The van der Waals surface area contributed by atoms with Crippen molar-refractivity contribution in [1.29, 1.82) is 0 Å². The Morgan fingerprint density at radius 1 is 1.14 bits per heavy atom. The Bertz CT molecular complexity index is 1180. The summed E-state index contributed by atoms with van der Waals surface area (Å²) in [4.78, 5) is 27.0. The molecule has 198 valence electrons. The smallest absolute Gasteiger partial charge is 0.311 e. The third-order valence-electron chi connectivity index (χ3n) is 5.81. The van der Waals surface area contributed by atoms with Gasteiger partial charge in [0, 0.05) is 50.8 Å². The van der Waals surface area contributed by atoms with E-state index in [0.29, 0.717) is 32.1 Å². The number of hydrogen-bond acceptors (Lipinski definition) is 8. The van der Waals surface area contributed by atoms with Crippen LogP contribution in [0.2, 0.25) is 0 Å². The van der Waals surface area contributed by atoms with E-state index in [1.165, 1.54) is 11.6 Å². The van der Waals surface area contributed by atoms with Crippen LogP contribution in [0.25, 0.3) is 11.1 Å². The molecule has 5 N–H and O–H groups in total. The lowest BCUT2D eigenvalue weighted by Gasteiger charge is -2.08. The van der Waals surface area contributed by atoms with Gasteiger partial charge in [0.15, 0.2) is 0 Å². The maximum Gasteiger partial charge on any atom is 0.311 e. The summed E-state index contributed by atoms with van der Waals surface area (Å²) in [6.45, 7) is 4.98. The maximum absolute atomic E-state index is 12.6. The molecule has 0 atom stereocenters. The maximum atomic E-state index is 12.6. The number of amides is 1. The van der Waals surface area contributed by atoms with E-state index in [-0.39, 0.29) is 24.0 Å². The second kappa shape index (κ2) is 14.0. The number of aromatic nitrogens is 2. The molecule has 1 aromatic carbocycles. The topological polar surface area (TPSA) is 149 Å². The number of carbonyl (C=O) groups excluding carboxylic acids is 1. The van der Waals surface area contributed by atoms with Crippen LogP contribution in [0.5, 0.6) is 0 Å². The number of benzene rings is 1. The number of anilines is 3. The quantitative estimate of drug-likeness (QED) is 0.138. The molecule has 0 bridgehead atoms. The van der Waals surface area contributed by atoms with Crippen LogP contribution < -0.4 is 21.7 Å². The number of nitrogen functional groups attached to an aromatic ring is 1. The zero-order valence-electron chi connectivity index (χ0n) is 21.3. The fourth-order valence-corrected chi connectivity index (χ4v) is 3.82. The molecule has 1 amide bonds. The first-order chi connectivity index (χ1) is 17.9. The summed E-state index contributed by atoms with van der Waals surface area (Å²) >= 11 is 0. The van der Waals surface area contributed by atoms with Crippen LogP contribution in [0.1, 0.15) is 25.3 Å². The first kappa shape index (κ1) is 27.6. The minimum atomic E-state index is -0.556.